The molecule has 0 aromatic carbocycles. The summed E-state index contributed by atoms with van der Waals surface area (Å²) < 4.78 is 23.3. The first kappa shape index (κ1) is 29.6. The highest BCUT2D eigenvalue weighted by Crippen LogP contribution is 2.15. The van der Waals surface area contributed by atoms with Crippen LogP contribution in [-0.4, -0.2) is 24.7 Å². The number of aliphatic hydroxyl groups is 1. The van der Waals surface area contributed by atoms with Gasteiger partial charge in [0.15, 0.2) is 15.3 Å². The lowest BCUT2D eigenvalue weighted by molar-refractivity contribution is 0.293. The Hall–Kier alpha value is -1.39. The van der Waals surface area contributed by atoms with Crippen LogP contribution in [0.5, 0.6) is 0 Å². The molecule has 0 radical (unpaired) electrons. The van der Waals surface area contributed by atoms with Crippen molar-refractivity contribution in [3.8, 4) is 0 Å². The van der Waals surface area contributed by atoms with Crippen molar-refractivity contribution in [1.29, 1.82) is 0 Å². The Morgan fingerprint density at radius 1 is 0.677 bits per heavy atom. The van der Waals surface area contributed by atoms with Crippen LogP contribution in [-0.2, 0) is 9.84 Å². The summed E-state index contributed by atoms with van der Waals surface area (Å²) in [6, 6.07) is 0. The second-order valence-electron chi connectivity index (χ2n) is 8.94. The molecule has 0 heterocycles. The lowest BCUT2D eigenvalue weighted by Crippen LogP contribution is -2.20. The highest BCUT2D eigenvalue weighted by molar-refractivity contribution is 7.91. The van der Waals surface area contributed by atoms with Gasteiger partial charge >= 0.3 is 0 Å². The quantitative estimate of drug-likeness (QED) is 0.261. The van der Waals surface area contributed by atoms with Crippen LogP contribution in [0.2, 0.25) is 0 Å². The Bertz CT molecular complexity index is 773. The predicted molar refractivity (Wildman–Crippen MR) is 137 cm³/mol. The number of allylic oxidation sites excluding steroid dienone is 9. The molecule has 0 aliphatic heterocycles. The molecule has 0 amide bonds. The van der Waals surface area contributed by atoms with Gasteiger partial charge in [0.05, 0.1) is 5.75 Å². The van der Waals surface area contributed by atoms with Gasteiger partial charge in [0.2, 0.25) is 0 Å². The minimum absolute atomic E-state index is 0.0456. The van der Waals surface area contributed by atoms with E-state index >= 15 is 0 Å². The van der Waals surface area contributed by atoms with E-state index in [1.54, 1.807) is 6.92 Å². The van der Waals surface area contributed by atoms with Crippen LogP contribution in [0, 0.1) is 0 Å². The van der Waals surface area contributed by atoms with E-state index < -0.39 is 15.3 Å². The Morgan fingerprint density at radius 3 is 1.39 bits per heavy atom. The van der Waals surface area contributed by atoms with Gasteiger partial charge in [-0.3, -0.25) is 0 Å². The maximum Gasteiger partial charge on any atom is 0.180 e. The molecule has 1 unspecified atom stereocenters. The molecule has 0 aromatic rings. The Labute approximate surface area is 192 Å². The molecule has 3 nitrogen and oxygen atoms in total. The van der Waals surface area contributed by atoms with Crippen molar-refractivity contribution in [2.24, 2.45) is 0 Å². The Kier molecular flexibility index (Phi) is 15.5. The number of aliphatic hydroxyl groups excluding tert-OH is 1. The number of sulfone groups is 1. The summed E-state index contributed by atoms with van der Waals surface area (Å²) in [6.45, 7) is 14.3. The van der Waals surface area contributed by atoms with E-state index in [1.807, 2.05) is 6.92 Å². The van der Waals surface area contributed by atoms with Crippen molar-refractivity contribution in [1.82, 2.24) is 0 Å². The van der Waals surface area contributed by atoms with Crippen LogP contribution in [0.3, 0.4) is 0 Å². The molecule has 0 spiro atoms. The molecular weight excluding hydrogens is 404 g/mol. The summed E-state index contributed by atoms with van der Waals surface area (Å²) in [6.07, 6.45) is 19.0. The molecule has 1 atom stereocenters. The van der Waals surface area contributed by atoms with Crippen molar-refractivity contribution in [2.45, 2.75) is 105 Å². The monoisotopic (exact) mass is 450 g/mol. The first-order valence-corrected chi connectivity index (χ1v) is 13.4. The number of hydrogen-bond donors (Lipinski definition) is 1. The predicted octanol–water partition coefficient (Wildman–Crippen LogP) is 7.61. The number of rotatable bonds is 15. The first-order valence-electron chi connectivity index (χ1n) is 11.6. The molecule has 0 aliphatic carbocycles. The zero-order valence-electron chi connectivity index (χ0n) is 21.0. The zero-order chi connectivity index (χ0) is 23.9. The normalized spacial score (nSPS) is 15.2. The SMILES string of the molecule is CCS(=O)(=O)C(O)C=C(C)CCC=C(C)CCC=C(C)CCC=C(C)CCC=C(C)C. The zero-order valence-corrected chi connectivity index (χ0v) is 21.8. The lowest BCUT2D eigenvalue weighted by Gasteiger charge is -2.07. The van der Waals surface area contributed by atoms with Crippen LogP contribution < -0.4 is 0 Å². The highest BCUT2D eigenvalue weighted by atomic mass is 32.2. The van der Waals surface area contributed by atoms with Crippen LogP contribution in [0.15, 0.2) is 58.2 Å². The van der Waals surface area contributed by atoms with Gasteiger partial charge in [-0.05, 0) is 99.0 Å². The molecule has 4 heteroatoms. The van der Waals surface area contributed by atoms with Crippen molar-refractivity contribution in [2.75, 3.05) is 5.75 Å². The van der Waals surface area contributed by atoms with Crippen molar-refractivity contribution in [3.05, 3.63) is 58.2 Å². The molecule has 0 saturated heterocycles. The van der Waals surface area contributed by atoms with Crippen LogP contribution in [0.4, 0.5) is 0 Å². The first-order chi connectivity index (χ1) is 14.5. The van der Waals surface area contributed by atoms with Gasteiger partial charge in [-0.1, -0.05) is 59.1 Å². The summed E-state index contributed by atoms with van der Waals surface area (Å²) in [5.74, 6) is -0.0456. The summed E-state index contributed by atoms with van der Waals surface area (Å²) in [4.78, 5) is 0. The van der Waals surface area contributed by atoms with E-state index in [0.717, 1.165) is 56.9 Å². The van der Waals surface area contributed by atoms with E-state index in [4.69, 9.17) is 0 Å². The van der Waals surface area contributed by atoms with Gasteiger partial charge in [-0.25, -0.2) is 8.42 Å². The number of hydrogen-bond acceptors (Lipinski definition) is 3. The van der Waals surface area contributed by atoms with E-state index in [0.29, 0.717) is 0 Å². The molecule has 0 fully saturated rings. The Morgan fingerprint density at radius 2 is 1.03 bits per heavy atom. The molecule has 0 aromatic heterocycles. The third-order valence-corrected chi connectivity index (χ3v) is 7.06. The fraction of sp³-hybridized carbons (Fsp3) is 0.630. The van der Waals surface area contributed by atoms with Crippen molar-refractivity contribution in [3.63, 3.8) is 0 Å². The smallest absolute Gasteiger partial charge is 0.180 e. The third-order valence-electron chi connectivity index (χ3n) is 5.38. The summed E-state index contributed by atoms with van der Waals surface area (Å²) >= 11 is 0. The second-order valence-corrected chi connectivity index (χ2v) is 11.3. The topological polar surface area (TPSA) is 54.4 Å². The van der Waals surface area contributed by atoms with Gasteiger partial charge in [-0.2, -0.15) is 0 Å². The van der Waals surface area contributed by atoms with E-state index in [1.165, 1.54) is 28.4 Å². The van der Waals surface area contributed by atoms with Gasteiger partial charge in [0, 0.05) is 0 Å². The molecule has 0 saturated carbocycles. The second kappa shape index (κ2) is 16.3. The maximum atomic E-state index is 11.6. The van der Waals surface area contributed by atoms with Crippen LogP contribution >= 0.6 is 0 Å². The summed E-state index contributed by atoms with van der Waals surface area (Å²) in [7, 11) is -3.42. The van der Waals surface area contributed by atoms with E-state index in [-0.39, 0.29) is 5.75 Å². The Balaban J connectivity index is 4.27. The van der Waals surface area contributed by atoms with Gasteiger partial charge in [0.25, 0.3) is 0 Å². The minimum Gasteiger partial charge on any atom is -0.374 e. The van der Waals surface area contributed by atoms with Crippen LogP contribution in [0.1, 0.15) is 99.8 Å². The summed E-state index contributed by atoms with van der Waals surface area (Å²) in [5.41, 5.74) is 5.21. The standard InChI is InChI=1S/C27H46O3S/c1-8-31(29,30)27(28)21-26(7)20-12-19-25(6)18-11-17-24(5)16-10-15-23(4)14-9-13-22(2)3/h13,15,17,19,21,27-28H,8-12,14,16,18,20H2,1-7H3. The highest BCUT2D eigenvalue weighted by Gasteiger charge is 2.17. The van der Waals surface area contributed by atoms with Crippen LogP contribution in [0.25, 0.3) is 0 Å². The maximum absolute atomic E-state index is 11.6. The molecule has 178 valence electrons. The van der Waals surface area contributed by atoms with Crippen molar-refractivity contribution >= 4 is 9.84 Å². The average molecular weight is 451 g/mol. The molecule has 31 heavy (non-hydrogen) atoms. The van der Waals surface area contributed by atoms with Gasteiger partial charge < -0.3 is 5.11 Å². The van der Waals surface area contributed by atoms with Gasteiger partial charge in [-0.15, -0.1) is 0 Å². The minimum atomic E-state index is -3.42. The lowest BCUT2D eigenvalue weighted by atomic mass is 10.0. The average Bonchev–Trinajstić information content (AvgIpc) is 2.67. The molecule has 0 aliphatic rings. The largest absolute Gasteiger partial charge is 0.374 e. The molecule has 0 bridgehead atoms. The molecular formula is C27H46O3S. The van der Waals surface area contributed by atoms with Gasteiger partial charge in [0.1, 0.15) is 0 Å². The van der Waals surface area contributed by atoms with E-state index in [2.05, 4.69) is 58.9 Å². The molecule has 1 N–H and O–H groups in total. The molecule has 0 rings (SSSR count). The fourth-order valence-corrected chi connectivity index (χ4v) is 3.92. The fourth-order valence-electron chi connectivity index (χ4n) is 3.13. The van der Waals surface area contributed by atoms with E-state index in [9.17, 15) is 13.5 Å². The third kappa shape index (κ3) is 16.0. The summed E-state index contributed by atoms with van der Waals surface area (Å²) in [5, 5.41) is 9.78. The van der Waals surface area contributed by atoms with Crippen molar-refractivity contribution < 1.29 is 13.5 Å².